The number of carbonyl (C=O) groups excluding carboxylic acids is 2. The first-order chi connectivity index (χ1) is 16.8. The van der Waals surface area contributed by atoms with Crippen molar-refractivity contribution in [1.29, 1.82) is 0 Å². The molecule has 0 radical (unpaired) electrons. The Morgan fingerprint density at radius 3 is 2.31 bits per heavy atom. The second kappa shape index (κ2) is 7.95. The molecule has 0 aromatic carbocycles. The molecule has 0 spiro atoms. The van der Waals surface area contributed by atoms with Gasteiger partial charge in [0.25, 0.3) is 0 Å². The molecule has 2 N–H and O–H groups in total. The van der Waals surface area contributed by atoms with Gasteiger partial charge >= 0.3 is 0 Å². The topological polar surface area (TPSA) is 67.4 Å². The van der Waals surface area contributed by atoms with Gasteiger partial charge in [-0.15, -0.1) is 0 Å². The molecule has 7 atom stereocenters. The first-order valence-corrected chi connectivity index (χ1v) is 15.0. The van der Waals surface area contributed by atoms with Crippen molar-refractivity contribution in [2.75, 3.05) is 6.61 Å². The molecular weight excluding hydrogens is 436 g/mol. The second-order valence-corrected chi connectivity index (χ2v) is 14.7. The third kappa shape index (κ3) is 3.56. The average Bonchev–Trinajstić information content (AvgIpc) is 3.13. The van der Waals surface area contributed by atoms with Crippen LogP contribution in [0.1, 0.15) is 104 Å². The zero-order valence-electron chi connectivity index (χ0n) is 22.0. The molecule has 4 bridgehead atoms. The quantitative estimate of drug-likeness (QED) is 0.594. The molecule has 1 aliphatic heterocycles. The van der Waals surface area contributed by atoms with E-state index in [-0.39, 0.29) is 40.9 Å². The highest BCUT2D eigenvalue weighted by Gasteiger charge is 2.61. The van der Waals surface area contributed by atoms with Gasteiger partial charge in [-0.3, -0.25) is 9.59 Å². The summed E-state index contributed by atoms with van der Waals surface area (Å²) in [6.45, 7) is 5.18. The van der Waals surface area contributed by atoms with Gasteiger partial charge in [0.2, 0.25) is 11.8 Å². The molecular formula is C30H46N2O3. The smallest absolute Gasteiger partial charge is 0.246 e. The van der Waals surface area contributed by atoms with Gasteiger partial charge in [-0.2, -0.15) is 0 Å². The molecule has 5 nitrogen and oxygen atoms in total. The summed E-state index contributed by atoms with van der Waals surface area (Å²) in [5.74, 6) is 5.11. The number of ether oxygens (including phenoxy) is 1. The van der Waals surface area contributed by atoms with Gasteiger partial charge in [-0.1, -0.05) is 13.8 Å². The molecule has 7 aliphatic carbocycles. The zero-order chi connectivity index (χ0) is 24.0. The molecule has 1 saturated heterocycles. The van der Waals surface area contributed by atoms with Crippen LogP contribution in [0.4, 0.5) is 0 Å². The van der Waals surface area contributed by atoms with Crippen LogP contribution >= 0.6 is 0 Å². The summed E-state index contributed by atoms with van der Waals surface area (Å²) >= 11 is 0. The lowest BCUT2D eigenvalue weighted by atomic mass is 9.47. The fraction of sp³-hybridized carbons (Fsp3) is 0.933. The molecule has 0 aromatic heterocycles. The van der Waals surface area contributed by atoms with Crippen molar-refractivity contribution < 1.29 is 14.3 Å². The van der Waals surface area contributed by atoms with E-state index in [0.29, 0.717) is 18.4 Å². The Kier molecular flexibility index (Phi) is 5.23. The van der Waals surface area contributed by atoms with Crippen LogP contribution in [0.25, 0.3) is 0 Å². The van der Waals surface area contributed by atoms with Crippen molar-refractivity contribution in [1.82, 2.24) is 10.6 Å². The third-order valence-corrected chi connectivity index (χ3v) is 12.9. The molecule has 8 aliphatic rings. The first kappa shape index (κ1) is 23.0. The molecule has 2 amide bonds. The largest absolute Gasteiger partial charge is 0.368 e. The van der Waals surface area contributed by atoms with Crippen LogP contribution in [0.2, 0.25) is 0 Å². The summed E-state index contributed by atoms with van der Waals surface area (Å²) < 4.78 is 6.51. The Hall–Kier alpha value is -1.10. The Balaban J connectivity index is 0.992. The molecule has 5 heteroatoms. The van der Waals surface area contributed by atoms with Crippen molar-refractivity contribution in [3.05, 3.63) is 0 Å². The van der Waals surface area contributed by atoms with Gasteiger partial charge in [0.15, 0.2) is 0 Å². The number of fused-ring (bicyclic) bond motifs is 5. The van der Waals surface area contributed by atoms with Crippen molar-refractivity contribution in [2.24, 2.45) is 46.3 Å². The van der Waals surface area contributed by atoms with E-state index < -0.39 is 0 Å². The number of amides is 2. The Morgan fingerprint density at radius 1 is 0.914 bits per heavy atom. The highest BCUT2D eigenvalue weighted by atomic mass is 16.5. The maximum atomic E-state index is 13.1. The summed E-state index contributed by atoms with van der Waals surface area (Å²) in [6, 6.07) is 0.371. The number of rotatable bonds is 4. The number of nitrogens with one attached hydrogen (secondary N) is 2. The molecule has 0 unspecified atom stereocenters. The van der Waals surface area contributed by atoms with Crippen LogP contribution in [0.15, 0.2) is 0 Å². The fourth-order valence-electron chi connectivity index (χ4n) is 11.7. The van der Waals surface area contributed by atoms with E-state index >= 15 is 0 Å². The number of hydrogen-bond donors (Lipinski definition) is 2. The van der Waals surface area contributed by atoms with E-state index in [0.717, 1.165) is 48.9 Å². The zero-order valence-corrected chi connectivity index (χ0v) is 22.0. The van der Waals surface area contributed by atoms with Crippen LogP contribution in [0, 0.1) is 46.3 Å². The van der Waals surface area contributed by atoms with Crippen molar-refractivity contribution in [3.63, 3.8) is 0 Å². The minimum absolute atomic E-state index is 0.0822. The van der Waals surface area contributed by atoms with E-state index in [1.54, 1.807) is 0 Å². The third-order valence-electron chi connectivity index (χ3n) is 12.9. The van der Waals surface area contributed by atoms with Crippen LogP contribution in [0.3, 0.4) is 0 Å². The van der Waals surface area contributed by atoms with Gasteiger partial charge in [-0.05, 0) is 130 Å². The van der Waals surface area contributed by atoms with E-state index in [1.807, 2.05) is 0 Å². The summed E-state index contributed by atoms with van der Waals surface area (Å²) in [4.78, 5) is 25.2. The predicted octanol–water partition coefficient (Wildman–Crippen LogP) is 4.98. The van der Waals surface area contributed by atoms with Gasteiger partial charge in [-0.25, -0.2) is 0 Å². The summed E-state index contributed by atoms with van der Waals surface area (Å²) in [7, 11) is 0. The second-order valence-electron chi connectivity index (χ2n) is 14.7. The van der Waals surface area contributed by atoms with Crippen molar-refractivity contribution in [3.8, 4) is 0 Å². The minimum Gasteiger partial charge on any atom is -0.368 e. The maximum absolute atomic E-state index is 13.1. The van der Waals surface area contributed by atoms with Crippen molar-refractivity contribution >= 4 is 11.8 Å². The molecule has 194 valence electrons. The lowest BCUT2D eigenvalue weighted by Crippen LogP contribution is -2.61. The fourth-order valence-corrected chi connectivity index (χ4v) is 11.7. The summed E-state index contributed by atoms with van der Waals surface area (Å²) in [5.41, 5.74) is 0.539. The van der Waals surface area contributed by atoms with Crippen molar-refractivity contribution in [2.45, 2.75) is 121 Å². The SMILES string of the molecule is C[C@]12CCC(=O)N[C@@H]1CC[C@@H]1[C@@H]2CC[C@]2(C)[C@@H](OCC(=O)NC34CC5CC(CC(C5)C3)C4)CC[C@@H]12. The number of piperidine rings is 1. The standard InChI is InChI=1S/C30H46N2O3/c1-28-10-8-26(33)31-24(28)5-3-21-22-4-6-25(29(22,2)9-7-23(21)28)35-17-27(34)32-30-14-18-11-19(15-30)13-20(12-18)16-30/h18-25H,3-17H2,1-2H3,(H,31,33)(H,32,34)/t18?,19?,20?,21-,22-,23-,24+,25-,28+,29-,30?/m0/s1. The predicted molar refractivity (Wildman–Crippen MR) is 134 cm³/mol. The minimum atomic E-state index is 0.0822. The van der Waals surface area contributed by atoms with E-state index in [1.165, 1.54) is 64.2 Å². The van der Waals surface area contributed by atoms with Crippen LogP contribution in [0.5, 0.6) is 0 Å². The lowest BCUT2D eigenvalue weighted by molar-refractivity contribution is -0.147. The normalized spacial score (nSPS) is 53.9. The molecule has 8 fully saturated rings. The van der Waals surface area contributed by atoms with Gasteiger partial charge in [0, 0.05) is 18.0 Å². The molecule has 1 heterocycles. The summed E-state index contributed by atoms with van der Waals surface area (Å²) in [5, 5.41) is 6.87. The summed E-state index contributed by atoms with van der Waals surface area (Å²) in [6.07, 6.45) is 17.0. The Bertz CT molecular complexity index is 867. The van der Waals surface area contributed by atoms with Gasteiger partial charge < -0.3 is 15.4 Å². The van der Waals surface area contributed by atoms with Gasteiger partial charge in [0.05, 0.1) is 6.10 Å². The van der Waals surface area contributed by atoms with Crippen LogP contribution in [-0.4, -0.2) is 36.1 Å². The maximum Gasteiger partial charge on any atom is 0.246 e. The Morgan fingerprint density at radius 2 is 1.60 bits per heavy atom. The Labute approximate surface area is 211 Å². The first-order valence-electron chi connectivity index (χ1n) is 15.0. The average molecular weight is 483 g/mol. The van der Waals surface area contributed by atoms with E-state index in [4.69, 9.17) is 4.74 Å². The van der Waals surface area contributed by atoms with Gasteiger partial charge in [0.1, 0.15) is 6.61 Å². The molecule has 0 aromatic rings. The highest BCUT2D eigenvalue weighted by molar-refractivity contribution is 5.78. The van der Waals surface area contributed by atoms with E-state index in [9.17, 15) is 9.59 Å². The number of carbonyl (C=O) groups is 2. The molecule has 7 saturated carbocycles. The molecule has 8 rings (SSSR count). The van der Waals surface area contributed by atoms with E-state index in [2.05, 4.69) is 24.5 Å². The van der Waals surface area contributed by atoms with Crippen LogP contribution < -0.4 is 10.6 Å². The molecule has 35 heavy (non-hydrogen) atoms. The van der Waals surface area contributed by atoms with Crippen LogP contribution in [-0.2, 0) is 14.3 Å². The lowest BCUT2D eigenvalue weighted by Gasteiger charge is -2.60. The highest BCUT2D eigenvalue weighted by Crippen LogP contribution is 2.64. The monoisotopic (exact) mass is 482 g/mol. The number of hydrogen-bond acceptors (Lipinski definition) is 3.